The molecule has 5 nitrogen and oxygen atoms in total. The van der Waals surface area contributed by atoms with Crippen molar-refractivity contribution in [3.05, 3.63) is 71.3 Å². The average Bonchev–Trinajstić information content (AvgIpc) is 2.55. The second-order valence-electron chi connectivity index (χ2n) is 5.67. The maximum absolute atomic E-state index is 12.1. The van der Waals surface area contributed by atoms with E-state index in [1.54, 1.807) is 0 Å². The summed E-state index contributed by atoms with van der Waals surface area (Å²) in [6, 6.07) is 16.9. The summed E-state index contributed by atoms with van der Waals surface area (Å²) in [5, 5.41) is 2.80. The van der Waals surface area contributed by atoms with E-state index >= 15 is 0 Å². The van der Waals surface area contributed by atoms with Gasteiger partial charge in [-0.3, -0.25) is 14.4 Å². The Hall–Kier alpha value is -2.66. The fourth-order valence-electron chi connectivity index (χ4n) is 2.30. The van der Waals surface area contributed by atoms with Crippen LogP contribution in [-0.4, -0.2) is 11.8 Å². The Kier molecular flexibility index (Phi) is 6.51. The Morgan fingerprint density at radius 2 is 1.71 bits per heavy atom. The van der Waals surface area contributed by atoms with Gasteiger partial charge in [-0.05, 0) is 18.1 Å². The first kappa shape index (κ1) is 17.7. The molecule has 2 aromatic carbocycles. The second kappa shape index (κ2) is 8.84. The highest BCUT2D eigenvalue weighted by Crippen LogP contribution is 2.17. The van der Waals surface area contributed by atoms with E-state index in [0.717, 1.165) is 16.7 Å². The molecular weight excluding hydrogens is 304 g/mol. The minimum Gasteiger partial charge on any atom is -0.349 e. The van der Waals surface area contributed by atoms with Crippen molar-refractivity contribution in [2.75, 3.05) is 0 Å². The number of carbonyl (C=O) groups is 2. The summed E-state index contributed by atoms with van der Waals surface area (Å²) >= 11 is 0. The quantitative estimate of drug-likeness (QED) is 0.769. The molecule has 2 aromatic rings. The number of carbonyl (C=O) groups excluding carboxylic acids is 2. The van der Waals surface area contributed by atoms with E-state index in [4.69, 9.17) is 4.84 Å². The third kappa shape index (κ3) is 5.85. The zero-order valence-electron chi connectivity index (χ0n) is 13.9. The predicted octanol–water partition coefficient (Wildman–Crippen LogP) is 2.81. The molecule has 0 saturated carbocycles. The van der Waals surface area contributed by atoms with Crippen molar-refractivity contribution in [1.82, 2.24) is 10.8 Å². The first-order valence-electron chi connectivity index (χ1n) is 7.83. The first-order chi connectivity index (χ1) is 11.5. The van der Waals surface area contributed by atoms with E-state index in [0.29, 0.717) is 6.61 Å². The van der Waals surface area contributed by atoms with Gasteiger partial charge in [0.05, 0.1) is 19.1 Å². The van der Waals surface area contributed by atoms with Gasteiger partial charge < -0.3 is 5.32 Å². The maximum atomic E-state index is 12.1. The largest absolute Gasteiger partial charge is 0.349 e. The Bertz CT molecular complexity index is 669. The highest BCUT2D eigenvalue weighted by molar-refractivity contribution is 5.78. The third-order valence-electron chi connectivity index (χ3n) is 3.51. The molecule has 0 bridgehead atoms. The molecule has 5 heteroatoms. The van der Waals surface area contributed by atoms with Gasteiger partial charge in [-0.2, -0.15) is 0 Å². The normalized spacial score (nSPS) is 11.6. The van der Waals surface area contributed by atoms with Crippen LogP contribution in [0.2, 0.25) is 0 Å². The molecule has 2 rings (SSSR count). The van der Waals surface area contributed by atoms with Crippen molar-refractivity contribution < 1.29 is 14.4 Å². The van der Waals surface area contributed by atoms with Gasteiger partial charge in [0.25, 0.3) is 0 Å². The van der Waals surface area contributed by atoms with Gasteiger partial charge in [0, 0.05) is 6.92 Å². The van der Waals surface area contributed by atoms with Crippen LogP contribution >= 0.6 is 0 Å². The van der Waals surface area contributed by atoms with E-state index in [-0.39, 0.29) is 24.3 Å². The molecule has 0 aliphatic carbocycles. The minimum absolute atomic E-state index is 0.109. The molecule has 2 amide bonds. The van der Waals surface area contributed by atoms with E-state index in [9.17, 15) is 9.59 Å². The molecule has 0 unspecified atom stereocenters. The molecular formula is C19H22N2O3. The fraction of sp³-hybridized carbons (Fsp3) is 0.263. The third-order valence-corrected chi connectivity index (χ3v) is 3.51. The van der Waals surface area contributed by atoms with Gasteiger partial charge in [0.1, 0.15) is 0 Å². The van der Waals surface area contributed by atoms with Crippen molar-refractivity contribution >= 4 is 11.8 Å². The van der Waals surface area contributed by atoms with Gasteiger partial charge in [-0.25, -0.2) is 5.48 Å². The number of nitrogens with one attached hydrogen (secondary N) is 2. The Balaban J connectivity index is 1.89. The number of hydrogen-bond donors (Lipinski definition) is 2. The lowest BCUT2D eigenvalue weighted by atomic mass is 10.0. The molecule has 0 aromatic heterocycles. The van der Waals surface area contributed by atoms with E-state index in [1.807, 2.05) is 61.5 Å². The standard InChI is InChI=1S/C19H22N2O3/c1-14-8-10-17(11-9-14)18(20-15(2)22)12-19(23)21-24-13-16-6-4-3-5-7-16/h3-11,18H,12-13H2,1-2H3,(H,20,22)(H,21,23)/t18-/m1/s1. The van der Waals surface area contributed by atoms with E-state index in [1.165, 1.54) is 6.92 Å². The summed E-state index contributed by atoms with van der Waals surface area (Å²) in [6.07, 6.45) is 0.109. The molecule has 0 aliphatic rings. The molecule has 0 radical (unpaired) electrons. The number of benzene rings is 2. The lowest BCUT2D eigenvalue weighted by Crippen LogP contribution is -2.32. The van der Waals surface area contributed by atoms with E-state index < -0.39 is 0 Å². The van der Waals surface area contributed by atoms with Crippen molar-refractivity contribution in [2.45, 2.75) is 32.9 Å². The van der Waals surface area contributed by atoms with E-state index in [2.05, 4.69) is 10.8 Å². The SMILES string of the molecule is CC(=O)N[C@H](CC(=O)NOCc1ccccc1)c1ccc(C)cc1. The molecule has 0 spiro atoms. The van der Waals surface area contributed by atoms with Gasteiger partial charge >= 0.3 is 0 Å². The van der Waals surface area contributed by atoms with Crippen LogP contribution in [0.4, 0.5) is 0 Å². The van der Waals surface area contributed by atoms with Crippen molar-refractivity contribution in [1.29, 1.82) is 0 Å². The average molecular weight is 326 g/mol. The Morgan fingerprint density at radius 3 is 2.33 bits per heavy atom. The smallest absolute Gasteiger partial charge is 0.245 e. The number of hydrogen-bond acceptors (Lipinski definition) is 3. The van der Waals surface area contributed by atoms with Crippen molar-refractivity contribution in [3.63, 3.8) is 0 Å². The first-order valence-corrected chi connectivity index (χ1v) is 7.83. The van der Waals surface area contributed by atoms with Crippen LogP contribution in [0.3, 0.4) is 0 Å². The molecule has 0 aliphatic heterocycles. The monoisotopic (exact) mass is 326 g/mol. The topological polar surface area (TPSA) is 67.4 Å². The predicted molar refractivity (Wildman–Crippen MR) is 91.7 cm³/mol. The molecule has 1 atom stereocenters. The van der Waals surface area contributed by atoms with Crippen LogP contribution in [0.25, 0.3) is 0 Å². The molecule has 0 saturated heterocycles. The van der Waals surface area contributed by atoms with Crippen LogP contribution in [0, 0.1) is 6.92 Å². The Morgan fingerprint density at radius 1 is 1.04 bits per heavy atom. The van der Waals surface area contributed by atoms with Crippen LogP contribution < -0.4 is 10.8 Å². The maximum Gasteiger partial charge on any atom is 0.245 e. The lowest BCUT2D eigenvalue weighted by molar-refractivity contribution is -0.135. The second-order valence-corrected chi connectivity index (χ2v) is 5.67. The zero-order valence-corrected chi connectivity index (χ0v) is 13.9. The van der Waals surface area contributed by atoms with Crippen molar-refractivity contribution in [2.24, 2.45) is 0 Å². The molecule has 2 N–H and O–H groups in total. The Labute approximate surface area is 142 Å². The fourth-order valence-corrected chi connectivity index (χ4v) is 2.30. The number of aryl methyl sites for hydroxylation is 1. The minimum atomic E-state index is -0.386. The molecule has 0 fully saturated rings. The van der Waals surface area contributed by atoms with Crippen LogP contribution in [0.15, 0.2) is 54.6 Å². The number of amides is 2. The highest BCUT2D eigenvalue weighted by Gasteiger charge is 2.17. The summed E-state index contributed by atoms with van der Waals surface area (Å²) in [5.74, 6) is -0.469. The van der Waals surface area contributed by atoms with Crippen LogP contribution in [-0.2, 0) is 21.0 Å². The van der Waals surface area contributed by atoms with Crippen molar-refractivity contribution in [3.8, 4) is 0 Å². The van der Waals surface area contributed by atoms with Crippen LogP contribution in [0.5, 0.6) is 0 Å². The summed E-state index contributed by atoms with van der Waals surface area (Å²) < 4.78 is 0. The summed E-state index contributed by atoms with van der Waals surface area (Å²) in [6.45, 7) is 3.72. The van der Waals surface area contributed by atoms with Gasteiger partial charge in [0.2, 0.25) is 11.8 Å². The molecule has 0 heterocycles. The summed E-state index contributed by atoms with van der Waals surface area (Å²) in [7, 11) is 0. The highest BCUT2D eigenvalue weighted by atomic mass is 16.6. The van der Waals surface area contributed by atoms with Gasteiger partial charge in [0.15, 0.2) is 0 Å². The molecule has 126 valence electrons. The summed E-state index contributed by atoms with van der Waals surface area (Å²) in [4.78, 5) is 28.7. The zero-order chi connectivity index (χ0) is 17.4. The number of rotatable bonds is 7. The van der Waals surface area contributed by atoms with Gasteiger partial charge in [-0.1, -0.05) is 60.2 Å². The van der Waals surface area contributed by atoms with Gasteiger partial charge in [-0.15, -0.1) is 0 Å². The molecule has 24 heavy (non-hydrogen) atoms. The van der Waals surface area contributed by atoms with Crippen LogP contribution in [0.1, 0.15) is 36.1 Å². The summed E-state index contributed by atoms with van der Waals surface area (Å²) in [5.41, 5.74) is 5.40. The number of hydroxylamine groups is 1. The lowest BCUT2D eigenvalue weighted by Gasteiger charge is -2.18.